The first-order chi connectivity index (χ1) is 22.0. The average molecular weight is 657 g/mol. The van der Waals surface area contributed by atoms with E-state index in [9.17, 15) is 50.4 Å². The number of phenols is 1. The van der Waals surface area contributed by atoms with Crippen LogP contribution in [-0.2, 0) is 33.2 Å². The van der Waals surface area contributed by atoms with Gasteiger partial charge >= 0.3 is 11.9 Å². The number of hydrogen-bond donors (Lipinski definition) is 8. The molecule has 46 heavy (non-hydrogen) atoms. The molecule has 3 saturated heterocycles. The van der Waals surface area contributed by atoms with Gasteiger partial charge in [-0.25, -0.2) is 9.59 Å². The van der Waals surface area contributed by atoms with Crippen molar-refractivity contribution in [1.82, 2.24) is 0 Å². The van der Waals surface area contributed by atoms with Crippen LogP contribution in [-0.4, -0.2) is 140 Å². The largest absolute Gasteiger partial charge is 0.504 e. The fraction of sp³-hybridized carbons (Fsp3) is 0.586. The highest BCUT2D eigenvalue weighted by atomic mass is 16.8. The highest BCUT2D eigenvalue weighted by Gasteiger charge is 2.51. The van der Waals surface area contributed by atoms with Crippen LogP contribution < -0.4 is 4.74 Å². The van der Waals surface area contributed by atoms with Crippen LogP contribution in [0.5, 0.6) is 11.5 Å². The molecule has 4 heterocycles. The monoisotopic (exact) mass is 656 g/mol. The van der Waals surface area contributed by atoms with E-state index in [1.807, 2.05) is 0 Å². The molecule has 0 saturated carbocycles. The maximum absolute atomic E-state index is 13.3. The summed E-state index contributed by atoms with van der Waals surface area (Å²) in [6, 6.07) is 3.51. The molecular weight excluding hydrogens is 620 g/mol. The number of cyclic esters (lactones) is 1. The van der Waals surface area contributed by atoms with Crippen molar-refractivity contribution < 1.29 is 83.6 Å². The summed E-state index contributed by atoms with van der Waals surface area (Å²) in [5.41, 5.74) is -0.171. The fourth-order valence-electron chi connectivity index (χ4n) is 5.74. The lowest BCUT2D eigenvalue weighted by Gasteiger charge is -2.44. The molecule has 0 aliphatic carbocycles. The van der Waals surface area contributed by atoms with E-state index >= 15 is 0 Å². The quantitative estimate of drug-likeness (QED) is 0.0983. The van der Waals surface area contributed by atoms with Gasteiger partial charge in [-0.15, -0.1) is 6.58 Å². The Morgan fingerprint density at radius 3 is 2.33 bits per heavy atom. The van der Waals surface area contributed by atoms with Gasteiger partial charge < -0.3 is 74.0 Å². The summed E-state index contributed by atoms with van der Waals surface area (Å²) >= 11 is 0. The summed E-state index contributed by atoms with van der Waals surface area (Å²) in [4.78, 5) is 25.4. The first kappa shape index (κ1) is 34.0. The van der Waals surface area contributed by atoms with Gasteiger partial charge in [-0.05, 0) is 18.6 Å². The molecule has 13 unspecified atom stereocenters. The van der Waals surface area contributed by atoms with Crippen molar-refractivity contribution >= 4 is 11.9 Å². The van der Waals surface area contributed by atoms with Crippen LogP contribution >= 0.6 is 0 Å². The Balaban J connectivity index is 1.30. The van der Waals surface area contributed by atoms with Crippen LogP contribution in [0.4, 0.5) is 0 Å². The van der Waals surface area contributed by atoms with Crippen molar-refractivity contribution in [3.8, 4) is 11.5 Å². The SMILES string of the molecule is C=CC1C(OC2OC(CO)C(OC(=O)c3cccc(O)c3OC3OC(CO)C(O)C(O)C3O)C(O)C2O)OC=C2C(=O)OCCC21. The number of para-hydroxylation sites is 1. The van der Waals surface area contributed by atoms with Crippen LogP contribution in [0.25, 0.3) is 0 Å². The maximum Gasteiger partial charge on any atom is 0.342 e. The van der Waals surface area contributed by atoms with Gasteiger partial charge in [0.25, 0.3) is 0 Å². The lowest BCUT2D eigenvalue weighted by molar-refractivity contribution is -0.339. The van der Waals surface area contributed by atoms with E-state index in [4.69, 9.17) is 33.2 Å². The second-order valence-electron chi connectivity index (χ2n) is 11.1. The number of carbonyl (C=O) groups is 2. The Bertz CT molecular complexity index is 1300. The molecule has 1 aromatic carbocycles. The first-order valence-corrected chi connectivity index (χ1v) is 14.4. The molecule has 0 spiro atoms. The minimum Gasteiger partial charge on any atom is -0.504 e. The molecular formula is C29H36O17. The van der Waals surface area contributed by atoms with E-state index in [0.29, 0.717) is 12.0 Å². The Morgan fingerprint density at radius 2 is 1.63 bits per heavy atom. The van der Waals surface area contributed by atoms with E-state index in [-0.39, 0.29) is 12.5 Å². The number of hydrogen-bond acceptors (Lipinski definition) is 17. The summed E-state index contributed by atoms with van der Waals surface area (Å²) in [6.07, 6.45) is -14.9. The van der Waals surface area contributed by atoms with Crippen molar-refractivity contribution in [2.24, 2.45) is 11.8 Å². The van der Waals surface area contributed by atoms with Crippen molar-refractivity contribution in [3.05, 3.63) is 48.3 Å². The Kier molecular flexibility index (Phi) is 10.5. The van der Waals surface area contributed by atoms with Crippen LogP contribution in [0.3, 0.4) is 0 Å². The van der Waals surface area contributed by atoms with E-state index in [0.717, 1.165) is 12.1 Å². The van der Waals surface area contributed by atoms with Gasteiger partial charge in [0.15, 0.2) is 23.9 Å². The molecule has 254 valence electrons. The number of fused-ring (bicyclic) bond motifs is 1. The lowest BCUT2D eigenvalue weighted by Crippen LogP contribution is -2.61. The van der Waals surface area contributed by atoms with Crippen LogP contribution in [0.1, 0.15) is 16.8 Å². The highest BCUT2D eigenvalue weighted by molar-refractivity contribution is 5.93. The summed E-state index contributed by atoms with van der Waals surface area (Å²) in [6.45, 7) is 2.38. The molecule has 4 aliphatic heterocycles. The Morgan fingerprint density at radius 1 is 0.935 bits per heavy atom. The fourth-order valence-corrected chi connectivity index (χ4v) is 5.74. The number of phenolic OH excluding ortho intramolecular Hbond substituents is 1. The molecule has 3 fully saturated rings. The van der Waals surface area contributed by atoms with Crippen molar-refractivity contribution in [1.29, 1.82) is 0 Å². The van der Waals surface area contributed by atoms with Gasteiger partial charge in [0, 0.05) is 11.8 Å². The molecule has 17 nitrogen and oxygen atoms in total. The molecule has 0 bridgehead atoms. The smallest absolute Gasteiger partial charge is 0.342 e. The predicted octanol–water partition coefficient (Wildman–Crippen LogP) is -2.84. The van der Waals surface area contributed by atoms with E-state index in [2.05, 4.69) is 6.58 Å². The number of benzene rings is 1. The molecule has 13 atom stereocenters. The van der Waals surface area contributed by atoms with Crippen molar-refractivity contribution in [3.63, 3.8) is 0 Å². The average Bonchev–Trinajstić information content (AvgIpc) is 3.05. The summed E-state index contributed by atoms with van der Waals surface area (Å²) in [7, 11) is 0. The van der Waals surface area contributed by atoms with Gasteiger partial charge in [0.1, 0.15) is 48.3 Å². The minimum atomic E-state index is -1.88. The predicted molar refractivity (Wildman–Crippen MR) is 146 cm³/mol. The van der Waals surface area contributed by atoms with Crippen molar-refractivity contribution in [2.45, 2.75) is 74.1 Å². The van der Waals surface area contributed by atoms with Crippen molar-refractivity contribution in [2.75, 3.05) is 19.8 Å². The summed E-state index contributed by atoms with van der Waals surface area (Å²) in [5.74, 6) is -3.92. The van der Waals surface area contributed by atoms with Gasteiger partial charge in [0.05, 0.1) is 31.7 Å². The molecule has 4 aliphatic rings. The van der Waals surface area contributed by atoms with Gasteiger partial charge in [-0.3, -0.25) is 0 Å². The Labute approximate surface area is 261 Å². The van der Waals surface area contributed by atoms with E-state index in [1.165, 1.54) is 18.4 Å². The molecule has 0 radical (unpaired) electrons. The van der Waals surface area contributed by atoms with Crippen LogP contribution in [0.15, 0.2) is 42.7 Å². The summed E-state index contributed by atoms with van der Waals surface area (Å²) < 4.78 is 38.2. The molecule has 5 rings (SSSR count). The van der Waals surface area contributed by atoms with E-state index in [1.54, 1.807) is 0 Å². The number of ether oxygens (including phenoxy) is 7. The highest BCUT2D eigenvalue weighted by Crippen LogP contribution is 2.39. The normalized spacial score (nSPS) is 39.2. The second kappa shape index (κ2) is 14.2. The number of carbonyl (C=O) groups excluding carboxylic acids is 2. The zero-order chi connectivity index (χ0) is 33.3. The lowest BCUT2D eigenvalue weighted by atomic mass is 9.81. The topological polar surface area (TPSA) is 261 Å². The first-order valence-electron chi connectivity index (χ1n) is 14.4. The van der Waals surface area contributed by atoms with Gasteiger partial charge in [0.2, 0.25) is 12.6 Å². The molecule has 8 N–H and O–H groups in total. The van der Waals surface area contributed by atoms with Gasteiger partial charge in [-0.2, -0.15) is 0 Å². The molecule has 0 amide bonds. The zero-order valence-electron chi connectivity index (χ0n) is 24.2. The number of aliphatic hydroxyl groups excluding tert-OH is 7. The molecule has 17 heteroatoms. The number of aliphatic hydroxyl groups is 7. The molecule has 1 aromatic rings. The zero-order valence-corrected chi connectivity index (χ0v) is 24.2. The second-order valence-corrected chi connectivity index (χ2v) is 11.1. The van der Waals surface area contributed by atoms with Gasteiger partial charge in [-0.1, -0.05) is 12.1 Å². The van der Waals surface area contributed by atoms with E-state index < -0.39 is 116 Å². The standard InChI is InChI=1S/C29H36O17/c1-2-11-12-6-7-40-25(38)14(12)10-41-27(11)46-29-22(37)20(35)24(17(9-31)43-29)44-26(39)13-4-3-5-15(32)23(13)45-28-21(36)19(34)18(33)16(8-30)42-28/h2-5,10-12,16-22,24,27-37H,1,6-9H2. The number of rotatable bonds is 9. The Hall–Kier alpha value is -3.36. The molecule has 0 aromatic heterocycles. The van der Waals surface area contributed by atoms with Crippen LogP contribution in [0, 0.1) is 11.8 Å². The third-order valence-corrected chi connectivity index (χ3v) is 8.31. The minimum absolute atomic E-state index is 0.174. The number of esters is 2. The van der Waals surface area contributed by atoms with Crippen LogP contribution in [0.2, 0.25) is 0 Å². The number of aromatic hydroxyl groups is 1. The third kappa shape index (κ3) is 6.43. The maximum atomic E-state index is 13.3. The summed E-state index contributed by atoms with van der Waals surface area (Å²) in [5, 5.41) is 82.3. The third-order valence-electron chi connectivity index (χ3n) is 8.31.